The molecule has 0 amide bonds. The quantitative estimate of drug-likeness (QED) is 0.416. The van der Waals surface area contributed by atoms with E-state index in [1.807, 2.05) is 0 Å². The van der Waals surface area contributed by atoms with Crippen LogP contribution < -0.4 is 0 Å². The first-order valence-electron chi connectivity index (χ1n) is 0.289. The topological polar surface area (TPSA) is 48.6 Å². The van der Waals surface area contributed by atoms with Crippen molar-refractivity contribution in [2.24, 2.45) is 0 Å². The Balaban J connectivity index is -0.00000000167. The van der Waals surface area contributed by atoms with Gasteiger partial charge in [-0.25, -0.2) is 0 Å². The molecule has 5 heavy (non-hydrogen) atoms. The zero-order valence-electron chi connectivity index (χ0n) is 2.73. The summed E-state index contributed by atoms with van der Waals surface area (Å²) in [6.07, 6.45) is 0. The van der Waals surface area contributed by atoms with E-state index in [1.54, 1.807) is 0 Å². The Morgan fingerprint density at radius 2 is 1.20 bits per heavy atom. The van der Waals surface area contributed by atoms with Crippen LogP contribution in [0.15, 0.2) is 0 Å². The van der Waals surface area contributed by atoms with E-state index in [-0.39, 0.29) is 53.5 Å². The van der Waals surface area contributed by atoms with Crippen molar-refractivity contribution in [2.45, 2.75) is 0 Å². The normalized spacial score (nSPS) is 1.20. The molecule has 28 valence electrons. The molecule has 0 aliphatic carbocycles. The van der Waals surface area contributed by atoms with Crippen LogP contribution in [0.1, 0.15) is 0 Å². The Kier molecular flexibility index (Phi) is 438. The fourth-order valence-electron chi connectivity index (χ4n) is 0. The molecule has 0 unspecified atom stereocenters. The van der Waals surface area contributed by atoms with Gasteiger partial charge in [-0.05, 0) is 0 Å². The van der Waals surface area contributed by atoms with E-state index >= 15 is 0 Å². The first-order valence-corrected chi connectivity index (χ1v) is 1.50. The average molecular weight is 164 g/mol. The van der Waals surface area contributed by atoms with Crippen LogP contribution in [0.3, 0.4) is 0 Å². The summed E-state index contributed by atoms with van der Waals surface area (Å²) >= 11 is 0.125. The molecule has 0 aliphatic rings. The van der Waals surface area contributed by atoms with Crippen LogP contribution in [0.5, 0.6) is 0 Å². The molecular weight excluding hydrogens is 160 g/mol. The summed E-state index contributed by atoms with van der Waals surface area (Å²) in [7, 11) is 0. The molecule has 2 nitrogen and oxygen atoms in total. The van der Waals surface area contributed by atoms with Gasteiger partial charge >= 0.3 is 21.8 Å². The van der Waals surface area contributed by atoms with Crippen molar-refractivity contribution in [3.8, 4) is 0 Å². The molecule has 0 aromatic carbocycles. The second-order valence-corrected chi connectivity index (χ2v) is 0. The molecule has 0 rings (SSSR count). The molecular formula is H4AlClO2Zn. The van der Waals surface area contributed by atoms with Crippen LogP contribution in [-0.4, -0.2) is 22.8 Å². The van der Waals surface area contributed by atoms with E-state index in [2.05, 4.69) is 0 Å². The van der Waals surface area contributed by atoms with Gasteiger partial charge in [0.1, 0.15) is 0 Å². The van der Waals surface area contributed by atoms with Gasteiger partial charge < -0.3 is 5.48 Å². The van der Waals surface area contributed by atoms with Crippen LogP contribution >= 0.6 is 12.4 Å². The standard InChI is InChI=1S/Al.ClH.H2O.O.Zn.H/h;1H;1H2;;;. The van der Waals surface area contributed by atoms with Gasteiger partial charge in [-0.15, -0.1) is 12.4 Å². The van der Waals surface area contributed by atoms with Crippen LogP contribution in [0.2, 0.25) is 0 Å². The summed E-state index contributed by atoms with van der Waals surface area (Å²) in [6, 6.07) is 0. The Morgan fingerprint density at radius 1 is 1.20 bits per heavy atom. The fourth-order valence-corrected chi connectivity index (χ4v) is 0. The van der Waals surface area contributed by atoms with Crippen molar-refractivity contribution in [1.29, 1.82) is 0 Å². The van der Waals surface area contributed by atoms with Crippen molar-refractivity contribution in [3.05, 3.63) is 0 Å². The molecule has 0 heterocycles. The molecule has 2 N–H and O–H groups in total. The third kappa shape index (κ3) is 36.8. The van der Waals surface area contributed by atoms with Gasteiger partial charge in [-0.3, -0.25) is 0 Å². The predicted octanol–water partition coefficient (Wildman–Crippen LogP) is -1.17. The third-order valence-electron chi connectivity index (χ3n) is 0. The summed E-state index contributed by atoms with van der Waals surface area (Å²) in [5, 5.41) is 0. The molecule has 0 atom stereocenters. The molecule has 0 bridgehead atoms. The Hall–Kier alpha value is 1.21. The van der Waals surface area contributed by atoms with E-state index in [9.17, 15) is 0 Å². The van der Waals surface area contributed by atoms with E-state index < -0.39 is 0 Å². The zero-order chi connectivity index (χ0) is 2.00. The number of hydrogen-bond donors (Lipinski definition) is 0. The summed E-state index contributed by atoms with van der Waals surface area (Å²) in [5.41, 5.74) is 0. The van der Waals surface area contributed by atoms with E-state index in [1.165, 1.54) is 0 Å². The monoisotopic (exact) mass is 162 g/mol. The molecule has 0 aromatic heterocycles. The number of halogens is 1. The average Bonchev–Trinajstić information content (AvgIpc) is 1.00. The molecule has 0 saturated heterocycles. The Bertz CT molecular complexity index is 9.61. The van der Waals surface area contributed by atoms with Crippen molar-refractivity contribution >= 4 is 29.8 Å². The fraction of sp³-hybridized carbons (Fsp3) is 0. The van der Waals surface area contributed by atoms with Crippen molar-refractivity contribution < 1.29 is 27.3 Å². The van der Waals surface area contributed by atoms with Gasteiger partial charge in [0.2, 0.25) is 0 Å². The molecule has 2 radical (unpaired) electrons. The van der Waals surface area contributed by atoms with Gasteiger partial charge in [0, 0.05) is 0 Å². The Morgan fingerprint density at radius 3 is 1.20 bits per heavy atom. The van der Waals surface area contributed by atoms with Gasteiger partial charge in [-0.1, -0.05) is 0 Å². The number of rotatable bonds is 0. The first kappa shape index (κ1) is 34.6. The maximum atomic E-state index is 8.38. The molecule has 0 spiro atoms. The molecule has 0 aliphatic heterocycles. The second-order valence-electron chi connectivity index (χ2n) is 0. The summed E-state index contributed by atoms with van der Waals surface area (Å²) < 4.78 is 8.38. The van der Waals surface area contributed by atoms with Crippen LogP contribution in [0.4, 0.5) is 0 Å². The molecule has 0 fully saturated rings. The van der Waals surface area contributed by atoms with Crippen molar-refractivity contribution in [1.82, 2.24) is 0 Å². The molecule has 0 aromatic rings. The van der Waals surface area contributed by atoms with Gasteiger partial charge in [0.15, 0.2) is 0 Å². The summed E-state index contributed by atoms with van der Waals surface area (Å²) in [5.74, 6) is 0. The summed E-state index contributed by atoms with van der Waals surface area (Å²) in [4.78, 5) is 0. The molecule has 5 heteroatoms. The minimum atomic E-state index is 0. The van der Waals surface area contributed by atoms with Crippen LogP contribution in [0, 0.1) is 0 Å². The van der Waals surface area contributed by atoms with E-state index in [0.29, 0.717) is 0 Å². The van der Waals surface area contributed by atoms with E-state index in [0.717, 1.165) is 0 Å². The number of hydrogen-bond acceptors (Lipinski definition) is 1. The molecule has 0 saturated carbocycles. The first-order chi connectivity index (χ1) is 1.00. The minimum absolute atomic E-state index is 0. The SMILES string of the molecule is Cl.O.[AlH].[O]=[Zn]. The third-order valence-corrected chi connectivity index (χ3v) is 0. The van der Waals surface area contributed by atoms with Crippen LogP contribution in [-0.2, 0) is 21.8 Å². The maximum absolute atomic E-state index is 8.38. The Labute approximate surface area is 57.1 Å². The van der Waals surface area contributed by atoms with Gasteiger partial charge in [-0.2, -0.15) is 0 Å². The predicted molar refractivity (Wildman–Crippen MR) is 18.7 cm³/mol. The van der Waals surface area contributed by atoms with Crippen molar-refractivity contribution in [2.75, 3.05) is 0 Å². The van der Waals surface area contributed by atoms with Crippen molar-refractivity contribution in [3.63, 3.8) is 0 Å². The zero-order valence-corrected chi connectivity index (χ0v) is 7.93. The van der Waals surface area contributed by atoms with Gasteiger partial charge in [0.25, 0.3) is 0 Å². The van der Waals surface area contributed by atoms with Gasteiger partial charge in [0.05, 0.1) is 17.4 Å². The summed E-state index contributed by atoms with van der Waals surface area (Å²) in [6.45, 7) is 0. The van der Waals surface area contributed by atoms with E-state index in [4.69, 9.17) is 3.57 Å². The second kappa shape index (κ2) is 63.3. The van der Waals surface area contributed by atoms with Crippen LogP contribution in [0.25, 0.3) is 0 Å².